The molecule has 156 valence electrons. The molecule has 0 spiro atoms. The van der Waals surface area contributed by atoms with Crippen molar-refractivity contribution in [2.45, 2.75) is 78.0 Å². The lowest BCUT2D eigenvalue weighted by molar-refractivity contribution is -0.175. The van der Waals surface area contributed by atoms with Crippen LogP contribution in [0.5, 0.6) is 0 Å². The molecule has 0 aromatic carbocycles. The minimum atomic E-state index is -0.569. The van der Waals surface area contributed by atoms with E-state index in [1.54, 1.807) is 4.90 Å². The normalized spacial score (nSPS) is 23.6. The summed E-state index contributed by atoms with van der Waals surface area (Å²) in [7, 11) is 0. The summed E-state index contributed by atoms with van der Waals surface area (Å²) in [4.78, 5) is 27.1. The number of ether oxygens (including phenoxy) is 3. The van der Waals surface area contributed by atoms with E-state index >= 15 is 0 Å². The monoisotopic (exact) mass is 384 g/mol. The van der Waals surface area contributed by atoms with Crippen molar-refractivity contribution in [3.63, 3.8) is 0 Å². The minimum Gasteiger partial charge on any atom is -0.460 e. The Hall–Kier alpha value is -1.34. The van der Waals surface area contributed by atoms with Crippen molar-refractivity contribution >= 4 is 12.1 Å². The lowest BCUT2D eigenvalue weighted by atomic mass is 9.74. The molecule has 0 bridgehead atoms. The van der Waals surface area contributed by atoms with E-state index in [0.717, 1.165) is 0 Å². The van der Waals surface area contributed by atoms with Crippen LogP contribution >= 0.6 is 0 Å². The molecule has 2 rings (SSSR count). The molecular formula is C20H36N2O5. The van der Waals surface area contributed by atoms with E-state index in [0.29, 0.717) is 52.1 Å². The topological polar surface area (TPSA) is 77.1 Å². The van der Waals surface area contributed by atoms with E-state index in [1.807, 2.05) is 41.5 Å². The molecule has 0 radical (unpaired) electrons. The van der Waals surface area contributed by atoms with Crippen molar-refractivity contribution in [1.29, 1.82) is 0 Å². The third kappa shape index (κ3) is 6.64. The third-order valence-corrected chi connectivity index (χ3v) is 4.83. The molecule has 7 nitrogen and oxygen atoms in total. The molecule has 0 unspecified atom stereocenters. The maximum absolute atomic E-state index is 13.0. The zero-order chi connectivity index (χ0) is 20.3. The first kappa shape index (κ1) is 22.0. The summed E-state index contributed by atoms with van der Waals surface area (Å²) < 4.78 is 16.7. The molecule has 0 aliphatic carbocycles. The fraction of sp³-hybridized carbons (Fsp3) is 0.900. The smallest absolute Gasteiger partial charge is 0.410 e. The van der Waals surface area contributed by atoms with Crippen molar-refractivity contribution in [2.75, 3.05) is 32.8 Å². The van der Waals surface area contributed by atoms with E-state index in [2.05, 4.69) is 5.32 Å². The fourth-order valence-electron chi connectivity index (χ4n) is 3.57. The highest BCUT2D eigenvalue weighted by atomic mass is 16.6. The van der Waals surface area contributed by atoms with E-state index in [9.17, 15) is 9.59 Å². The van der Waals surface area contributed by atoms with Crippen LogP contribution in [0, 0.1) is 5.41 Å². The summed E-state index contributed by atoms with van der Waals surface area (Å²) in [5, 5.41) is 3.46. The number of nitrogens with zero attached hydrogens (tertiary/aromatic N) is 1. The first-order chi connectivity index (χ1) is 12.4. The average molecular weight is 385 g/mol. The summed E-state index contributed by atoms with van der Waals surface area (Å²) in [5.41, 5.74) is -1.61. The van der Waals surface area contributed by atoms with Crippen LogP contribution in [0.3, 0.4) is 0 Å². The van der Waals surface area contributed by atoms with Gasteiger partial charge in [0.15, 0.2) is 0 Å². The molecule has 27 heavy (non-hydrogen) atoms. The van der Waals surface area contributed by atoms with Gasteiger partial charge in [-0.3, -0.25) is 4.79 Å². The number of nitrogens with one attached hydrogen (secondary N) is 1. The van der Waals surface area contributed by atoms with Crippen molar-refractivity contribution in [3.8, 4) is 0 Å². The fourth-order valence-corrected chi connectivity index (χ4v) is 3.57. The highest BCUT2D eigenvalue weighted by Gasteiger charge is 2.45. The number of carbonyl (C=O) groups is 2. The van der Waals surface area contributed by atoms with Crippen molar-refractivity contribution in [3.05, 3.63) is 0 Å². The van der Waals surface area contributed by atoms with Gasteiger partial charge < -0.3 is 24.4 Å². The molecular weight excluding hydrogens is 348 g/mol. The summed E-state index contributed by atoms with van der Waals surface area (Å²) >= 11 is 0. The maximum Gasteiger partial charge on any atom is 0.410 e. The molecule has 2 aliphatic rings. The van der Waals surface area contributed by atoms with Gasteiger partial charge in [-0.15, -0.1) is 0 Å². The maximum atomic E-state index is 13.0. The molecule has 2 fully saturated rings. The van der Waals surface area contributed by atoms with Gasteiger partial charge >= 0.3 is 12.1 Å². The molecule has 1 atom stereocenters. The van der Waals surface area contributed by atoms with Gasteiger partial charge in [0.2, 0.25) is 0 Å². The average Bonchev–Trinajstić information content (AvgIpc) is 2.53. The van der Waals surface area contributed by atoms with E-state index in [1.165, 1.54) is 0 Å². The Morgan fingerprint density at radius 1 is 1.07 bits per heavy atom. The van der Waals surface area contributed by atoms with E-state index in [-0.39, 0.29) is 18.1 Å². The summed E-state index contributed by atoms with van der Waals surface area (Å²) in [6.45, 7) is 14.2. The van der Waals surface area contributed by atoms with Gasteiger partial charge in [-0.2, -0.15) is 0 Å². The first-order valence-corrected chi connectivity index (χ1v) is 9.93. The van der Waals surface area contributed by atoms with Gasteiger partial charge in [-0.1, -0.05) is 0 Å². The van der Waals surface area contributed by atoms with Crippen LogP contribution in [0.25, 0.3) is 0 Å². The second-order valence-electron chi connectivity index (χ2n) is 9.68. The van der Waals surface area contributed by atoms with Crippen molar-refractivity contribution in [2.24, 2.45) is 5.41 Å². The predicted octanol–water partition coefficient (Wildman–Crippen LogP) is 2.72. The molecule has 2 heterocycles. The van der Waals surface area contributed by atoms with Crippen molar-refractivity contribution < 1.29 is 23.8 Å². The summed E-state index contributed by atoms with van der Waals surface area (Å²) in [5.74, 6) is -0.158. The quantitative estimate of drug-likeness (QED) is 0.754. The second-order valence-corrected chi connectivity index (χ2v) is 9.68. The molecule has 0 aromatic rings. The number of rotatable bonds is 3. The number of carbonyl (C=O) groups excluding carboxylic acids is 2. The third-order valence-electron chi connectivity index (χ3n) is 4.83. The van der Waals surface area contributed by atoms with Crippen LogP contribution in [-0.4, -0.2) is 67.1 Å². The van der Waals surface area contributed by atoms with Crippen LogP contribution in [-0.2, 0) is 19.0 Å². The standard InChI is InChI=1S/C20H36N2O5/c1-18(2,3)26-16(23)20(7-11-25-12-8-20)13-15-14-22(10-9-21-15)17(24)27-19(4,5)6/h15,21H,7-14H2,1-6H3/t15-/m0/s1. The molecule has 1 amide bonds. The molecule has 0 aromatic heterocycles. The summed E-state index contributed by atoms with van der Waals surface area (Å²) in [6, 6.07) is 0.0249. The number of hydrogen-bond donors (Lipinski definition) is 1. The zero-order valence-electron chi connectivity index (χ0n) is 17.7. The number of amides is 1. The van der Waals surface area contributed by atoms with Crippen LogP contribution in [0.15, 0.2) is 0 Å². The zero-order valence-corrected chi connectivity index (χ0v) is 17.7. The Labute approximate surface area is 163 Å². The second kappa shape index (κ2) is 8.35. The predicted molar refractivity (Wildman–Crippen MR) is 103 cm³/mol. The van der Waals surface area contributed by atoms with Crippen LogP contribution in [0.1, 0.15) is 60.8 Å². The number of esters is 1. The van der Waals surface area contributed by atoms with Crippen molar-refractivity contribution in [1.82, 2.24) is 10.2 Å². The number of piperazine rings is 1. The van der Waals surface area contributed by atoms with Crippen LogP contribution < -0.4 is 5.32 Å². The Bertz CT molecular complexity index is 529. The Morgan fingerprint density at radius 3 is 2.22 bits per heavy atom. The lowest BCUT2D eigenvalue weighted by Crippen LogP contribution is -2.56. The number of hydrogen-bond acceptors (Lipinski definition) is 6. The highest BCUT2D eigenvalue weighted by molar-refractivity contribution is 5.77. The summed E-state index contributed by atoms with van der Waals surface area (Å²) in [6.07, 6.45) is 1.62. The van der Waals surface area contributed by atoms with Gasteiger partial charge in [0.1, 0.15) is 11.2 Å². The largest absolute Gasteiger partial charge is 0.460 e. The van der Waals surface area contributed by atoms with E-state index in [4.69, 9.17) is 14.2 Å². The molecule has 7 heteroatoms. The first-order valence-electron chi connectivity index (χ1n) is 9.93. The van der Waals surface area contributed by atoms with Gasteiger partial charge in [0.05, 0.1) is 5.41 Å². The minimum absolute atomic E-state index is 0.0249. The Morgan fingerprint density at radius 2 is 1.67 bits per heavy atom. The van der Waals surface area contributed by atoms with E-state index < -0.39 is 16.6 Å². The van der Waals surface area contributed by atoms with Gasteiger partial charge in [0, 0.05) is 38.9 Å². The molecule has 1 N–H and O–H groups in total. The van der Waals surface area contributed by atoms with Gasteiger partial charge in [-0.05, 0) is 60.8 Å². The van der Waals surface area contributed by atoms with Crippen LogP contribution in [0.4, 0.5) is 4.79 Å². The molecule has 2 aliphatic heterocycles. The van der Waals surface area contributed by atoms with Gasteiger partial charge in [-0.25, -0.2) is 4.79 Å². The highest BCUT2D eigenvalue weighted by Crippen LogP contribution is 2.38. The van der Waals surface area contributed by atoms with Gasteiger partial charge in [0.25, 0.3) is 0 Å². The lowest BCUT2D eigenvalue weighted by Gasteiger charge is -2.42. The Balaban J connectivity index is 2.06. The molecule has 0 saturated carbocycles. The molecule has 2 saturated heterocycles. The van der Waals surface area contributed by atoms with Crippen LogP contribution in [0.2, 0.25) is 0 Å². The Kier molecular flexibility index (Phi) is 6.79. The SMILES string of the molecule is CC(C)(C)OC(=O)N1CCN[C@@H](CC2(C(=O)OC(C)(C)C)CCOCC2)C1.